The summed E-state index contributed by atoms with van der Waals surface area (Å²) in [4.78, 5) is 12.6. The summed E-state index contributed by atoms with van der Waals surface area (Å²) in [5.74, 6) is 2.04. The molecule has 2 unspecified atom stereocenters. The van der Waals surface area contributed by atoms with Gasteiger partial charge in [-0.3, -0.25) is 0 Å². The van der Waals surface area contributed by atoms with Crippen molar-refractivity contribution in [1.82, 2.24) is 0 Å². The van der Waals surface area contributed by atoms with Crippen LogP contribution in [0.15, 0.2) is 35.2 Å². The van der Waals surface area contributed by atoms with Crippen LogP contribution in [0.1, 0.15) is 13.3 Å². The Bertz CT molecular complexity index is 366. The van der Waals surface area contributed by atoms with Crippen LogP contribution in [0.2, 0.25) is 0 Å². The maximum absolute atomic E-state index is 11.2. The molecule has 1 aromatic carbocycles. The molecule has 0 amide bonds. The van der Waals surface area contributed by atoms with Crippen LogP contribution in [0.5, 0.6) is 0 Å². The van der Waals surface area contributed by atoms with Crippen molar-refractivity contribution in [3.63, 3.8) is 0 Å². The molecule has 0 aliphatic carbocycles. The summed E-state index contributed by atoms with van der Waals surface area (Å²) in [6.45, 7) is 2.15. The minimum atomic E-state index is -0.531. The SMILES string of the molecule is CCOC(=O)OC1CC[S+](c2ccccc2)C1. The Kier molecular flexibility index (Phi) is 4.31. The average Bonchev–Trinajstić information content (AvgIpc) is 2.79. The van der Waals surface area contributed by atoms with Crippen molar-refractivity contribution in [2.75, 3.05) is 18.1 Å². The van der Waals surface area contributed by atoms with Gasteiger partial charge in [0.15, 0.2) is 16.8 Å². The van der Waals surface area contributed by atoms with Crippen LogP contribution in [-0.4, -0.2) is 30.4 Å². The fourth-order valence-electron chi connectivity index (χ4n) is 1.87. The molecule has 0 aromatic heterocycles. The molecule has 0 bridgehead atoms. The fourth-order valence-corrected chi connectivity index (χ4v) is 4.24. The monoisotopic (exact) mass is 253 g/mol. The summed E-state index contributed by atoms with van der Waals surface area (Å²) < 4.78 is 10.0. The molecule has 92 valence electrons. The normalized spacial score (nSPS) is 23.4. The molecule has 2 rings (SSSR count). The van der Waals surface area contributed by atoms with Gasteiger partial charge in [0.2, 0.25) is 0 Å². The first kappa shape index (κ1) is 12.3. The minimum absolute atomic E-state index is 0.0255. The van der Waals surface area contributed by atoms with Crippen molar-refractivity contribution < 1.29 is 14.3 Å². The van der Waals surface area contributed by atoms with Crippen LogP contribution in [-0.2, 0) is 20.4 Å². The lowest BCUT2D eigenvalue weighted by atomic mass is 10.3. The number of carbonyl (C=O) groups excluding carboxylic acids is 1. The highest BCUT2D eigenvalue weighted by Gasteiger charge is 2.37. The Morgan fingerprint density at radius 2 is 2.18 bits per heavy atom. The first-order valence-corrected chi connectivity index (χ1v) is 7.42. The highest BCUT2D eigenvalue weighted by Crippen LogP contribution is 2.25. The van der Waals surface area contributed by atoms with E-state index >= 15 is 0 Å². The third-order valence-electron chi connectivity index (χ3n) is 2.67. The molecule has 0 radical (unpaired) electrons. The molecule has 3 nitrogen and oxygen atoms in total. The largest absolute Gasteiger partial charge is 0.508 e. The van der Waals surface area contributed by atoms with Crippen LogP contribution in [0.3, 0.4) is 0 Å². The van der Waals surface area contributed by atoms with Crippen LogP contribution in [0.25, 0.3) is 0 Å². The van der Waals surface area contributed by atoms with Gasteiger partial charge in [-0.15, -0.1) is 0 Å². The van der Waals surface area contributed by atoms with E-state index in [2.05, 4.69) is 24.3 Å². The van der Waals surface area contributed by atoms with Crippen molar-refractivity contribution in [3.8, 4) is 0 Å². The number of hydrogen-bond acceptors (Lipinski definition) is 3. The summed E-state index contributed by atoms with van der Waals surface area (Å²) in [6.07, 6.45) is 0.435. The van der Waals surface area contributed by atoms with Crippen molar-refractivity contribution >= 4 is 17.1 Å². The molecule has 1 heterocycles. The molecular weight excluding hydrogens is 236 g/mol. The number of hydrogen-bond donors (Lipinski definition) is 0. The number of ether oxygens (including phenoxy) is 2. The molecule has 1 aromatic rings. The number of carbonyl (C=O) groups is 1. The van der Waals surface area contributed by atoms with Crippen LogP contribution < -0.4 is 0 Å². The standard InChI is InChI=1S/C13H17O3S/c1-2-15-13(14)16-11-8-9-17(10-11)12-6-4-3-5-7-12/h3-7,11H,2,8-10H2,1H3/q+1. The van der Waals surface area contributed by atoms with Crippen molar-refractivity contribution in [1.29, 1.82) is 0 Å². The van der Waals surface area contributed by atoms with Crippen LogP contribution in [0, 0.1) is 0 Å². The van der Waals surface area contributed by atoms with E-state index < -0.39 is 6.16 Å². The Hall–Kier alpha value is -1.16. The van der Waals surface area contributed by atoms with E-state index in [9.17, 15) is 4.79 Å². The fraction of sp³-hybridized carbons (Fsp3) is 0.462. The molecule has 1 fully saturated rings. The Balaban J connectivity index is 1.86. The van der Waals surface area contributed by atoms with Crippen molar-refractivity contribution in [3.05, 3.63) is 30.3 Å². The van der Waals surface area contributed by atoms with Gasteiger partial charge in [0.05, 0.1) is 6.61 Å². The van der Waals surface area contributed by atoms with Gasteiger partial charge in [0, 0.05) is 17.3 Å². The first-order valence-electron chi connectivity index (χ1n) is 5.85. The lowest BCUT2D eigenvalue weighted by molar-refractivity contribution is 0.0345. The van der Waals surface area contributed by atoms with Gasteiger partial charge in [-0.25, -0.2) is 4.79 Å². The first-order chi connectivity index (χ1) is 8.29. The van der Waals surface area contributed by atoms with Crippen molar-refractivity contribution in [2.45, 2.75) is 24.3 Å². The highest BCUT2D eigenvalue weighted by molar-refractivity contribution is 7.97. The Labute approximate surface area is 104 Å². The lowest BCUT2D eigenvalue weighted by Crippen LogP contribution is -2.20. The molecule has 17 heavy (non-hydrogen) atoms. The molecule has 4 heteroatoms. The maximum atomic E-state index is 11.2. The average molecular weight is 253 g/mol. The second-order valence-electron chi connectivity index (χ2n) is 3.89. The van der Waals surface area contributed by atoms with Crippen LogP contribution >= 0.6 is 0 Å². The maximum Gasteiger partial charge on any atom is 0.508 e. The topological polar surface area (TPSA) is 35.5 Å². The van der Waals surface area contributed by atoms with E-state index in [1.807, 2.05) is 6.07 Å². The van der Waals surface area contributed by atoms with E-state index in [4.69, 9.17) is 9.47 Å². The molecule has 1 aliphatic heterocycles. The zero-order valence-corrected chi connectivity index (χ0v) is 10.7. The second kappa shape index (κ2) is 5.96. The molecule has 0 saturated carbocycles. The van der Waals surface area contributed by atoms with Crippen molar-refractivity contribution in [2.24, 2.45) is 0 Å². The van der Waals surface area contributed by atoms with Crippen LogP contribution in [0.4, 0.5) is 4.79 Å². The van der Waals surface area contributed by atoms with E-state index in [1.165, 1.54) is 4.90 Å². The van der Waals surface area contributed by atoms with Gasteiger partial charge < -0.3 is 9.47 Å². The van der Waals surface area contributed by atoms with E-state index in [-0.39, 0.29) is 17.0 Å². The summed E-state index contributed by atoms with van der Waals surface area (Å²) >= 11 is 0. The van der Waals surface area contributed by atoms with Gasteiger partial charge in [0.25, 0.3) is 0 Å². The summed E-state index contributed by atoms with van der Waals surface area (Å²) in [6, 6.07) is 10.4. The van der Waals surface area contributed by atoms with Gasteiger partial charge in [0.1, 0.15) is 5.75 Å². The minimum Gasteiger partial charge on any atom is -0.435 e. The predicted molar refractivity (Wildman–Crippen MR) is 68.3 cm³/mol. The van der Waals surface area contributed by atoms with E-state index in [0.29, 0.717) is 6.61 Å². The van der Waals surface area contributed by atoms with Gasteiger partial charge in [-0.2, -0.15) is 0 Å². The summed E-state index contributed by atoms with van der Waals surface area (Å²) in [5.41, 5.74) is 0. The molecule has 1 aliphatic rings. The van der Waals surface area contributed by atoms with Gasteiger partial charge >= 0.3 is 6.16 Å². The number of rotatable bonds is 3. The molecular formula is C13H17O3S+. The third kappa shape index (κ3) is 3.40. The molecule has 0 spiro atoms. The van der Waals surface area contributed by atoms with E-state index in [1.54, 1.807) is 6.92 Å². The Morgan fingerprint density at radius 1 is 1.41 bits per heavy atom. The second-order valence-corrected chi connectivity index (χ2v) is 6.09. The molecule has 1 saturated heterocycles. The molecule has 2 atom stereocenters. The zero-order valence-electron chi connectivity index (χ0n) is 9.93. The third-order valence-corrected chi connectivity index (χ3v) is 5.12. The Morgan fingerprint density at radius 3 is 2.88 bits per heavy atom. The van der Waals surface area contributed by atoms with Gasteiger partial charge in [-0.05, 0) is 19.1 Å². The van der Waals surface area contributed by atoms with E-state index in [0.717, 1.165) is 17.9 Å². The predicted octanol–water partition coefficient (Wildman–Crippen LogP) is 2.61. The highest BCUT2D eigenvalue weighted by atomic mass is 32.2. The van der Waals surface area contributed by atoms with Gasteiger partial charge in [-0.1, -0.05) is 18.2 Å². The summed E-state index contributed by atoms with van der Waals surface area (Å²) in [5, 5.41) is 0. The lowest BCUT2D eigenvalue weighted by Gasteiger charge is -2.07. The summed E-state index contributed by atoms with van der Waals surface area (Å²) in [7, 11) is 0.226. The zero-order chi connectivity index (χ0) is 12.1. The quantitative estimate of drug-likeness (QED) is 0.613. The smallest absolute Gasteiger partial charge is 0.435 e. The number of benzene rings is 1. The molecule has 0 N–H and O–H groups in total.